The molecule has 18 heavy (non-hydrogen) atoms. The molecule has 1 fully saturated rings. The first-order valence-electron chi connectivity index (χ1n) is 6.86. The van der Waals surface area contributed by atoms with Gasteiger partial charge in [0.2, 0.25) is 0 Å². The topological polar surface area (TPSA) is 13.7 Å². The minimum atomic E-state index is 0.828. The second-order valence-corrected chi connectivity index (χ2v) is 6.80. The van der Waals surface area contributed by atoms with E-state index in [-0.39, 0.29) is 0 Å². The quantitative estimate of drug-likeness (QED) is 0.814. The minimum Gasteiger partial charge on any atom is -0.487 e. The van der Waals surface area contributed by atoms with Crippen molar-refractivity contribution in [3.05, 3.63) is 27.8 Å². The number of para-hydroxylation sites is 1. The van der Waals surface area contributed by atoms with E-state index in [1.165, 1.54) is 23.1 Å². The van der Waals surface area contributed by atoms with E-state index in [4.69, 9.17) is 4.74 Å². The van der Waals surface area contributed by atoms with Crippen molar-refractivity contribution < 1.29 is 9.64 Å². The lowest BCUT2D eigenvalue weighted by atomic mass is 9.92. The van der Waals surface area contributed by atoms with Crippen molar-refractivity contribution in [1.29, 1.82) is 0 Å². The fourth-order valence-corrected chi connectivity index (χ4v) is 3.54. The molecule has 0 aliphatic carbocycles. The number of rotatable bonds is 4. The summed E-state index contributed by atoms with van der Waals surface area (Å²) in [4.78, 5) is 1.70. The summed E-state index contributed by atoms with van der Waals surface area (Å²) in [5.41, 5.74) is 0. The van der Waals surface area contributed by atoms with Crippen LogP contribution >= 0.6 is 22.6 Å². The molecule has 0 bridgehead atoms. The Bertz CT molecular complexity index is 373. The molecule has 0 amide bonds. The standard InChI is InChI=1S/C15H22INO/c1-12-9-13(2)11-17(10-12)7-8-18-15-6-4-3-5-14(15)16/h3-6,12-13H,7-11H2,1-2H3/p+1/t12-,13-/m0/s1. The maximum atomic E-state index is 5.88. The number of piperidine rings is 1. The van der Waals surface area contributed by atoms with Crippen LogP contribution in [0.1, 0.15) is 20.3 Å². The summed E-state index contributed by atoms with van der Waals surface area (Å²) in [7, 11) is 0. The highest BCUT2D eigenvalue weighted by molar-refractivity contribution is 14.1. The molecule has 1 N–H and O–H groups in total. The van der Waals surface area contributed by atoms with Gasteiger partial charge in [-0.25, -0.2) is 0 Å². The molecule has 0 aromatic heterocycles. The third-order valence-electron chi connectivity index (χ3n) is 3.63. The second kappa shape index (κ2) is 6.75. The highest BCUT2D eigenvalue weighted by atomic mass is 127. The van der Waals surface area contributed by atoms with Crippen molar-refractivity contribution in [3.63, 3.8) is 0 Å². The van der Waals surface area contributed by atoms with Crippen molar-refractivity contribution in [3.8, 4) is 5.75 Å². The Hall–Kier alpha value is -0.290. The van der Waals surface area contributed by atoms with E-state index < -0.39 is 0 Å². The number of quaternary nitrogens is 1. The van der Waals surface area contributed by atoms with Crippen LogP contribution in [0.25, 0.3) is 0 Å². The van der Waals surface area contributed by atoms with E-state index in [2.05, 4.69) is 48.6 Å². The number of ether oxygens (including phenoxy) is 1. The molecule has 1 saturated heterocycles. The molecular formula is C15H23INO+. The SMILES string of the molecule is C[C@H]1C[C@H](C)C[NH+](CCOc2ccccc2I)C1. The van der Waals surface area contributed by atoms with Crippen LogP contribution in [0.3, 0.4) is 0 Å². The summed E-state index contributed by atoms with van der Waals surface area (Å²) in [6.45, 7) is 9.31. The van der Waals surface area contributed by atoms with Gasteiger partial charge in [-0.15, -0.1) is 0 Å². The van der Waals surface area contributed by atoms with Crippen LogP contribution < -0.4 is 9.64 Å². The third-order valence-corrected chi connectivity index (χ3v) is 4.52. The molecule has 2 atom stereocenters. The first-order valence-corrected chi connectivity index (χ1v) is 7.94. The minimum absolute atomic E-state index is 0.828. The summed E-state index contributed by atoms with van der Waals surface area (Å²) >= 11 is 2.33. The van der Waals surface area contributed by atoms with Gasteiger partial charge in [0, 0.05) is 11.8 Å². The predicted molar refractivity (Wildman–Crippen MR) is 83.2 cm³/mol. The number of hydrogen-bond acceptors (Lipinski definition) is 1. The molecule has 0 saturated carbocycles. The lowest BCUT2D eigenvalue weighted by Gasteiger charge is -2.31. The van der Waals surface area contributed by atoms with Gasteiger partial charge in [-0.1, -0.05) is 26.0 Å². The Morgan fingerprint density at radius 3 is 2.56 bits per heavy atom. The van der Waals surface area contributed by atoms with Crippen LogP contribution in [0.2, 0.25) is 0 Å². The van der Waals surface area contributed by atoms with Crippen LogP contribution in [-0.4, -0.2) is 26.2 Å². The van der Waals surface area contributed by atoms with Gasteiger partial charge in [-0.05, 0) is 41.1 Å². The van der Waals surface area contributed by atoms with E-state index in [1.807, 2.05) is 12.1 Å². The molecule has 2 rings (SSSR count). The Morgan fingerprint density at radius 1 is 1.22 bits per heavy atom. The van der Waals surface area contributed by atoms with Crippen LogP contribution in [0.4, 0.5) is 0 Å². The van der Waals surface area contributed by atoms with Crippen molar-refractivity contribution in [2.75, 3.05) is 26.2 Å². The predicted octanol–water partition coefficient (Wildman–Crippen LogP) is 2.23. The van der Waals surface area contributed by atoms with Crippen molar-refractivity contribution in [1.82, 2.24) is 0 Å². The zero-order chi connectivity index (χ0) is 13.0. The Balaban J connectivity index is 1.77. The molecule has 2 nitrogen and oxygen atoms in total. The van der Waals surface area contributed by atoms with Crippen molar-refractivity contribution in [2.24, 2.45) is 11.8 Å². The van der Waals surface area contributed by atoms with Crippen LogP contribution in [0, 0.1) is 15.4 Å². The fraction of sp³-hybridized carbons (Fsp3) is 0.600. The first kappa shape index (κ1) is 14.1. The van der Waals surface area contributed by atoms with Crippen molar-refractivity contribution >= 4 is 22.6 Å². The number of halogens is 1. The molecule has 1 aliphatic heterocycles. The monoisotopic (exact) mass is 360 g/mol. The number of nitrogens with one attached hydrogen (secondary N) is 1. The van der Waals surface area contributed by atoms with Crippen LogP contribution in [0.15, 0.2) is 24.3 Å². The van der Waals surface area contributed by atoms with Gasteiger partial charge in [0.1, 0.15) is 18.9 Å². The van der Waals surface area contributed by atoms with E-state index in [9.17, 15) is 0 Å². The maximum absolute atomic E-state index is 5.88. The third kappa shape index (κ3) is 4.12. The molecule has 100 valence electrons. The van der Waals surface area contributed by atoms with Gasteiger partial charge in [-0.3, -0.25) is 0 Å². The molecule has 0 radical (unpaired) electrons. The average molecular weight is 360 g/mol. The zero-order valence-corrected chi connectivity index (χ0v) is 13.4. The molecular weight excluding hydrogens is 337 g/mol. The number of likely N-dealkylation sites (tertiary alicyclic amines) is 1. The summed E-state index contributed by atoms with van der Waals surface area (Å²) in [6.07, 6.45) is 1.39. The van der Waals surface area contributed by atoms with E-state index >= 15 is 0 Å². The molecule has 1 aromatic carbocycles. The number of benzene rings is 1. The lowest BCUT2D eigenvalue weighted by molar-refractivity contribution is -0.912. The Morgan fingerprint density at radius 2 is 1.89 bits per heavy atom. The van der Waals surface area contributed by atoms with Gasteiger partial charge >= 0.3 is 0 Å². The zero-order valence-electron chi connectivity index (χ0n) is 11.3. The Labute approximate surface area is 124 Å². The van der Waals surface area contributed by atoms with Gasteiger partial charge in [0.05, 0.1) is 16.7 Å². The molecule has 1 aliphatic rings. The fourth-order valence-electron chi connectivity index (χ4n) is 2.99. The molecule has 1 heterocycles. The van der Waals surface area contributed by atoms with Gasteiger partial charge < -0.3 is 9.64 Å². The largest absolute Gasteiger partial charge is 0.487 e. The summed E-state index contributed by atoms with van der Waals surface area (Å²) < 4.78 is 7.08. The first-order chi connectivity index (χ1) is 8.65. The lowest BCUT2D eigenvalue weighted by Crippen LogP contribution is -3.14. The molecule has 1 aromatic rings. The highest BCUT2D eigenvalue weighted by Gasteiger charge is 2.24. The van der Waals surface area contributed by atoms with E-state index in [0.29, 0.717) is 0 Å². The molecule has 3 heteroatoms. The maximum Gasteiger partial charge on any atom is 0.137 e. The normalized spacial score (nSPS) is 28.1. The summed E-state index contributed by atoms with van der Waals surface area (Å²) in [5, 5.41) is 0. The number of hydrogen-bond donors (Lipinski definition) is 1. The smallest absolute Gasteiger partial charge is 0.137 e. The van der Waals surface area contributed by atoms with E-state index in [1.54, 1.807) is 4.90 Å². The van der Waals surface area contributed by atoms with Gasteiger partial charge in [-0.2, -0.15) is 0 Å². The van der Waals surface area contributed by atoms with E-state index in [0.717, 1.165) is 30.7 Å². The molecule has 0 unspecified atom stereocenters. The van der Waals surface area contributed by atoms with Gasteiger partial charge in [0.25, 0.3) is 0 Å². The average Bonchev–Trinajstić information content (AvgIpc) is 2.30. The second-order valence-electron chi connectivity index (χ2n) is 5.63. The summed E-state index contributed by atoms with van der Waals surface area (Å²) in [5.74, 6) is 2.75. The van der Waals surface area contributed by atoms with Gasteiger partial charge in [0.15, 0.2) is 0 Å². The van der Waals surface area contributed by atoms with Crippen molar-refractivity contribution in [2.45, 2.75) is 20.3 Å². The Kier molecular flexibility index (Phi) is 5.30. The highest BCUT2D eigenvalue weighted by Crippen LogP contribution is 2.19. The van der Waals surface area contributed by atoms with Crippen LogP contribution in [-0.2, 0) is 0 Å². The molecule has 0 spiro atoms. The van der Waals surface area contributed by atoms with Crippen LogP contribution in [0.5, 0.6) is 5.75 Å². The summed E-state index contributed by atoms with van der Waals surface area (Å²) in [6, 6.07) is 8.23.